The summed E-state index contributed by atoms with van der Waals surface area (Å²) < 4.78 is 10.6. The lowest BCUT2D eigenvalue weighted by Gasteiger charge is -2.41. The molecular weight excluding hydrogens is 344 g/mol. The van der Waals surface area contributed by atoms with Crippen LogP contribution in [0.3, 0.4) is 0 Å². The molecule has 1 saturated heterocycles. The maximum absolute atomic E-state index is 10.8. The van der Waals surface area contributed by atoms with Crippen LogP contribution in [0.2, 0.25) is 0 Å². The molecule has 0 spiro atoms. The number of carbonyl (C=O) groups is 1. The maximum atomic E-state index is 10.8. The van der Waals surface area contributed by atoms with E-state index < -0.39 is 5.97 Å². The summed E-state index contributed by atoms with van der Waals surface area (Å²) >= 11 is 0. The average molecular weight is 370 g/mol. The van der Waals surface area contributed by atoms with Crippen molar-refractivity contribution in [1.29, 1.82) is 0 Å². The molecule has 0 amide bonds. The molecule has 0 aliphatic carbocycles. The molecule has 1 heterocycles. The van der Waals surface area contributed by atoms with Gasteiger partial charge in [0.1, 0.15) is 0 Å². The topological polar surface area (TPSA) is 62.2 Å². The molecule has 0 unspecified atom stereocenters. The number of methoxy groups -OCH3 is 1. The highest BCUT2D eigenvalue weighted by Crippen LogP contribution is 2.29. The number of hydrogen-bond acceptors (Lipinski definition) is 5. The van der Waals surface area contributed by atoms with Crippen molar-refractivity contribution >= 4 is 11.7 Å². The van der Waals surface area contributed by atoms with Crippen LogP contribution in [0.15, 0.2) is 48.5 Å². The van der Waals surface area contributed by atoms with Gasteiger partial charge in [-0.25, -0.2) is 4.79 Å². The molecule has 0 radical (unpaired) electrons. The van der Waals surface area contributed by atoms with Crippen LogP contribution in [0.5, 0.6) is 11.5 Å². The number of carboxylic acid groups (broad SMARTS) is 1. The summed E-state index contributed by atoms with van der Waals surface area (Å²) in [6.07, 6.45) is 0. The van der Waals surface area contributed by atoms with E-state index in [1.54, 1.807) is 7.11 Å². The van der Waals surface area contributed by atoms with Crippen LogP contribution in [-0.4, -0.2) is 55.4 Å². The molecule has 1 aliphatic rings. The molecule has 1 fully saturated rings. The van der Waals surface area contributed by atoms with E-state index in [1.807, 2.05) is 24.3 Å². The van der Waals surface area contributed by atoms with Gasteiger partial charge in [-0.2, -0.15) is 0 Å². The highest BCUT2D eigenvalue weighted by atomic mass is 16.5. The van der Waals surface area contributed by atoms with Gasteiger partial charge in [0.2, 0.25) is 0 Å². The van der Waals surface area contributed by atoms with Gasteiger partial charge in [0.15, 0.2) is 18.1 Å². The molecule has 6 heteroatoms. The minimum atomic E-state index is -1.01. The molecule has 144 valence electrons. The van der Waals surface area contributed by atoms with E-state index in [1.165, 1.54) is 5.69 Å². The number of benzene rings is 2. The molecule has 0 saturated carbocycles. The molecule has 6 nitrogen and oxygen atoms in total. The Morgan fingerprint density at radius 1 is 1.15 bits per heavy atom. The van der Waals surface area contributed by atoms with Crippen molar-refractivity contribution in [1.82, 2.24) is 4.90 Å². The van der Waals surface area contributed by atoms with Crippen molar-refractivity contribution in [2.24, 2.45) is 0 Å². The third kappa shape index (κ3) is 4.92. The van der Waals surface area contributed by atoms with Crippen LogP contribution in [0.25, 0.3) is 0 Å². The van der Waals surface area contributed by atoms with Gasteiger partial charge < -0.3 is 19.5 Å². The highest BCUT2D eigenvalue weighted by Gasteiger charge is 2.24. The minimum absolute atomic E-state index is 0.383. The highest BCUT2D eigenvalue weighted by molar-refractivity contribution is 5.68. The van der Waals surface area contributed by atoms with Crippen LogP contribution < -0.4 is 14.4 Å². The number of nitrogens with zero attached hydrogens (tertiary/aromatic N) is 2. The first-order chi connectivity index (χ1) is 13.1. The summed E-state index contributed by atoms with van der Waals surface area (Å²) in [5, 5.41) is 8.84. The zero-order chi connectivity index (χ0) is 19.2. The van der Waals surface area contributed by atoms with E-state index in [0.29, 0.717) is 17.5 Å². The van der Waals surface area contributed by atoms with E-state index in [9.17, 15) is 4.79 Å². The number of piperazine rings is 1. The molecule has 27 heavy (non-hydrogen) atoms. The molecule has 1 atom stereocenters. The summed E-state index contributed by atoms with van der Waals surface area (Å²) in [4.78, 5) is 15.6. The fourth-order valence-corrected chi connectivity index (χ4v) is 3.41. The fraction of sp³-hybridized carbons (Fsp3) is 0.381. The summed E-state index contributed by atoms with van der Waals surface area (Å²) in [6.45, 7) is 5.56. The van der Waals surface area contributed by atoms with Gasteiger partial charge in [0.25, 0.3) is 0 Å². The SMILES string of the molecule is COc1ccc(CN2CCN(c3ccccc3)C[C@@H]2C)cc1OCC(=O)O. The number of hydrogen-bond donors (Lipinski definition) is 1. The number of anilines is 1. The molecule has 0 aromatic heterocycles. The Labute approximate surface area is 159 Å². The average Bonchev–Trinajstić information content (AvgIpc) is 2.68. The van der Waals surface area contributed by atoms with Gasteiger partial charge in [0, 0.05) is 37.9 Å². The standard InChI is InChI=1S/C21H26N2O4/c1-16-13-23(18-6-4-3-5-7-18)11-10-22(16)14-17-8-9-19(26-2)20(12-17)27-15-21(24)25/h3-9,12,16H,10-11,13-15H2,1-2H3,(H,24,25)/t16-/m0/s1. The second-order valence-electron chi connectivity index (χ2n) is 6.77. The van der Waals surface area contributed by atoms with Gasteiger partial charge >= 0.3 is 5.97 Å². The Kier molecular flexibility index (Phi) is 6.19. The van der Waals surface area contributed by atoms with E-state index in [-0.39, 0.29) is 6.61 Å². The van der Waals surface area contributed by atoms with Crippen molar-refractivity contribution < 1.29 is 19.4 Å². The van der Waals surface area contributed by atoms with E-state index in [0.717, 1.165) is 31.7 Å². The Morgan fingerprint density at radius 2 is 1.93 bits per heavy atom. The monoisotopic (exact) mass is 370 g/mol. The summed E-state index contributed by atoms with van der Waals surface area (Å²) in [5.74, 6) is 0.00281. The van der Waals surface area contributed by atoms with Crippen molar-refractivity contribution in [3.8, 4) is 11.5 Å². The predicted octanol–water partition coefficient (Wildman–Crippen LogP) is 2.87. The molecule has 2 aromatic rings. The first-order valence-electron chi connectivity index (χ1n) is 9.12. The first-order valence-corrected chi connectivity index (χ1v) is 9.12. The summed E-state index contributed by atoms with van der Waals surface area (Å²) in [7, 11) is 1.55. The van der Waals surface area contributed by atoms with Gasteiger partial charge in [-0.1, -0.05) is 24.3 Å². The van der Waals surface area contributed by atoms with Crippen LogP contribution >= 0.6 is 0 Å². The predicted molar refractivity (Wildman–Crippen MR) is 105 cm³/mol. The van der Waals surface area contributed by atoms with Crippen LogP contribution in [-0.2, 0) is 11.3 Å². The number of rotatable bonds is 7. The third-order valence-electron chi connectivity index (χ3n) is 4.85. The van der Waals surface area contributed by atoms with Crippen LogP contribution in [0.1, 0.15) is 12.5 Å². The smallest absolute Gasteiger partial charge is 0.341 e. The number of aliphatic carboxylic acids is 1. The third-order valence-corrected chi connectivity index (χ3v) is 4.85. The Bertz CT molecular complexity index is 766. The molecular formula is C21H26N2O4. The lowest BCUT2D eigenvalue weighted by Crippen LogP contribution is -2.51. The Hall–Kier alpha value is -2.73. The number of carboxylic acids is 1. The second kappa shape index (κ2) is 8.77. The second-order valence-corrected chi connectivity index (χ2v) is 6.77. The van der Waals surface area contributed by atoms with E-state index >= 15 is 0 Å². The zero-order valence-corrected chi connectivity index (χ0v) is 15.8. The summed E-state index contributed by atoms with van der Waals surface area (Å²) in [5.41, 5.74) is 2.34. The number of para-hydroxylation sites is 1. The lowest BCUT2D eigenvalue weighted by atomic mass is 10.1. The fourth-order valence-electron chi connectivity index (χ4n) is 3.41. The van der Waals surface area contributed by atoms with Crippen LogP contribution in [0, 0.1) is 0 Å². The zero-order valence-electron chi connectivity index (χ0n) is 15.8. The molecule has 3 rings (SSSR count). The Balaban J connectivity index is 1.65. The van der Waals surface area contributed by atoms with E-state index in [4.69, 9.17) is 14.6 Å². The van der Waals surface area contributed by atoms with Gasteiger partial charge in [-0.15, -0.1) is 0 Å². The molecule has 0 bridgehead atoms. The van der Waals surface area contributed by atoms with E-state index in [2.05, 4.69) is 41.0 Å². The quantitative estimate of drug-likeness (QED) is 0.809. The van der Waals surface area contributed by atoms with Gasteiger partial charge in [-0.05, 0) is 36.8 Å². The van der Waals surface area contributed by atoms with Crippen molar-refractivity contribution in [3.63, 3.8) is 0 Å². The molecule has 2 aromatic carbocycles. The van der Waals surface area contributed by atoms with Crippen molar-refractivity contribution in [3.05, 3.63) is 54.1 Å². The first kappa shape index (κ1) is 19.0. The lowest BCUT2D eigenvalue weighted by molar-refractivity contribution is -0.139. The Morgan fingerprint density at radius 3 is 2.59 bits per heavy atom. The van der Waals surface area contributed by atoms with Crippen LogP contribution in [0.4, 0.5) is 5.69 Å². The maximum Gasteiger partial charge on any atom is 0.341 e. The minimum Gasteiger partial charge on any atom is -0.493 e. The van der Waals surface area contributed by atoms with Crippen molar-refractivity contribution in [2.75, 3.05) is 38.3 Å². The molecule has 1 N–H and O–H groups in total. The number of ether oxygens (including phenoxy) is 2. The normalized spacial score (nSPS) is 17.6. The largest absolute Gasteiger partial charge is 0.493 e. The van der Waals surface area contributed by atoms with Crippen molar-refractivity contribution in [2.45, 2.75) is 19.5 Å². The summed E-state index contributed by atoms with van der Waals surface area (Å²) in [6, 6.07) is 16.6. The van der Waals surface area contributed by atoms with Gasteiger partial charge in [0.05, 0.1) is 7.11 Å². The van der Waals surface area contributed by atoms with Gasteiger partial charge in [-0.3, -0.25) is 4.90 Å². The molecule has 1 aliphatic heterocycles.